The van der Waals surface area contributed by atoms with Crippen LogP contribution >= 0.6 is 11.6 Å². The van der Waals surface area contributed by atoms with Gasteiger partial charge in [0.2, 0.25) is 0 Å². The van der Waals surface area contributed by atoms with Crippen molar-refractivity contribution in [2.24, 2.45) is 5.41 Å². The Morgan fingerprint density at radius 3 is 3.00 bits per heavy atom. The molecule has 2 aromatic heterocycles. The molecule has 0 saturated heterocycles. The second-order valence-corrected chi connectivity index (χ2v) is 8.37. The van der Waals surface area contributed by atoms with Gasteiger partial charge in [-0.3, -0.25) is 0 Å². The molecule has 29 heavy (non-hydrogen) atoms. The van der Waals surface area contributed by atoms with Crippen molar-refractivity contribution in [1.82, 2.24) is 20.0 Å². The van der Waals surface area contributed by atoms with E-state index in [0.29, 0.717) is 18.1 Å². The van der Waals surface area contributed by atoms with Gasteiger partial charge in [0.25, 0.3) is 0 Å². The second-order valence-electron chi connectivity index (χ2n) is 7.96. The van der Waals surface area contributed by atoms with Gasteiger partial charge in [-0.25, -0.2) is 9.67 Å². The minimum absolute atomic E-state index is 0.117. The van der Waals surface area contributed by atoms with Crippen LogP contribution in [0.3, 0.4) is 0 Å². The number of pyridine rings is 1. The van der Waals surface area contributed by atoms with Crippen LogP contribution in [-0.4, -0.2) is 40.2 Å². The zero-order valence-electron chi connectivity index (χ0n) is 17.0. The van der Waals surface area contributed by atoms with Crippen molar-refractivity contribution >= 4 is 28.5 Å². The lowest BCUT2D eigenvalue weighted by molar-refractivity contribution is 0.148. The van der Waals surface area contributed by atoms with Gasteiger partial charge in [-0.05, 0) is 50.3 Å². The number of anilines is 1. The summed E-state index contributed by atoms with van der Waals surface area (Å²) in [6.07, 6.45) is 7.18. The molecule has 3 heterocycles. The molecule has 0 unspecified atom stereocenters. The summed E-state index contributed by atoms with van der Waals surface area (Å²) in [5.41, 5.74) is 3.32. The van der Waals surface area contributed by atoms with Crippen LogP contribution in [0.5, 0.6) is 0 Å². The minimum Gasteiger partial charge on any atom is -0.382 e. The molecule has 2 aromatic rings. The third-order valence-electron chi connectivity index (χ3n) is 5.78. The molecule has 0 amide bonds. The molecule has 0 spiro atoms. The normalized spacial score (nSPS) is 23.0. The van der Waals surface area contributed by atoms with E-state index in [1.807, 2.05) is 23.7 Å². The van der Waals surface area contributed by atoms with Crippen molar-refractivity contribution in [2.75, 3.05) is 25.2 Å². The fraction of sp³-hybridized carbons (Fsp3) is 0.524. The summed E-state index contributed by atoms with van der Waals surface area (Å²) < 4.78 is 7.28. The van der Waals surface area contributed by atoms with Gasteiger partial charge in [-0.2, -0.15) is 5.26 Å². The van der Waals surface area contributed by atoms with Crippen LogP contribution in [0.15, 0.2) is 34.6 Å². The van der Waals surface area contributed by atoms with E-state index in [9.17, 15) is 5.26 Å². The van der Waals surface area contributed by atoms with Crippen LogP contribution in [0.4, 0.5) is 5.82 Å². The first-order valence-corrected chi connectivity index (χ1v) is 10.4. The van der Waals surface area contributed by atoms with Crippen molar-refractivity contribution in [3.05, 3.63) is 34.6 Å². The Morgan fingerprint density at radius 2 is 2.28 bits per heavy atom. The maximum Gasteiger partial charge on any atom is 0.163 e. The molecule has 0 aromatic carbocycles. The van der Waals surface area contributed by atoms with E-state index in [1.54, 1.807) is 13.3 Å². The lowest BCUT2D eigenvalue weighted by Gasteiger charge is -2.38. The predicted molar refractivity (Wildman–Crippen MR) is 112 cm³/mol. The molecule has 152 valence electrons. The summed E-state index contributed by atoms with van der Waals surface area (Å²) in [6, 6.07) is 4.46. The molecule has 4 rings (SSSR count). The maximum atomic E-state index is 9.57. The summed E-state index contributed by atoms with van der Waals surface area (Å²) >= 11 is 6.69. The number of hydrogen-bond acceptors (Lipinski definition) is 6. The van der Waals surface area contributed by atoms with Gasteiger partial charge in [-0.1, -0.05) is 23.7 Å². The maximum absolute atomic E-state index is 9.57. The molecular weight excluding hydrogens is 388 g/mol. The fourth-order valence-corrected chi connectivity index (χ4v) is 4.82. The van der Waals surface area contributed by atoms with Gasteiger partial charge in [0.05, 0.1) is 40.4 Å². The highest BCUT2D eigenvalue weighted by molar-refractivity contribution is 6.32. The highest BCUT2D eigenvalue weighted by Crippen LogP contribution is 2.45. The van der Waals surface area contributed by atoms with Crippen LogP contribution in [0.2, 0.25) is 0 Å². The Bertz CT molecular complexity index is 1040. The second kappa shape index (κ2) is 7.77. The zero-order valence-corrected chi connectivity index (χ0v) is 17.8. The van der Waals surface area contributed by atoms with Gasteiger partial charge in [-0.15, -0.1) is 5.10 Å². The highest BCUT2D eigenvalue weighted by Gasteiger charge is 2.36. The van der Waals surface area contributed by atoms with Gasteiger partial charge < -0.3 is 9.64 Å². The molecule has 0 radical (unpaired) electrons. The van der Waals surface area contributed by atoms with Gasteiger partial charge in [0, 0.05) is 19.9 Å². The Labute approximate surface area is 175 Å². The molecule has 1 aliphatic carbocycles. The molecule has 0 fully saturated rings. The van der Waals surface area contributed by atoms with Gasteiger partial charge in [0.15, 0.2) is 11.3 Å². The fourth-order valence-electron chi connectivity index (χ4n) is 4.34. The lowest BCUT2D eigenvalue weighted by Crippen LogP contribution is -2.33. The SMILES string of the molecule is CC[C@@H](COC)n1nnc2c(N3CCCC4=C3C(Cl)=C[C@](C)(C#N)C4)nccc21. The Hall–Kier alpha value is -2.43. The van der Waals surface area contributed by atoms with E-state index in [2.05, 4.69) is 33.2 Å². The molecule has 1 aliphatic heterocycles. The van der Waals surface area contributed by atoms with E-state index in [-0.39, 0.29) is 6.04 Å². The first kappa shape index (κ1) is 19.9. The van der Waals surface area contributed by atoms with E-state index < -0.39 is 5.41 Å². The summed E-state index contributed by atoms with van der Waals surface area (Å²) in [5.74, 6) is 0.764. The number of ether oxygens (including phenoxy) is 1. The molecule has 2 aliphatic rings. The number of nitrogens with zero attached hydrogens (tertiary/aromatic N) is 6. The Kier molecular flexibility index (Phi) is 5.32. The van der Waals surface area contributed by atoms with E-state index in [1.165, 1.54) is 5.57 Å². The van der Waals surface area contributed by atoms with Crippen LogP contribution in [0.25, 0.3) is 11.0 Å². The number of aromatic nitrogens is 4. The van der Waals surface area contributed by atoms with Crippen LogP contribution in [0, 0.1) is 16.7 Å². The molecule has 0 N–H and O–H groups in total. The van der Waals surface area contributed by atoms with Crippen molar-refractivity contribution < 1.29 is 4.74 Å². The lowest BCUT2D eigenvalue weighted by atomic mass is 9.78. The quantitative estimate of drug-likeness (QED) is 0.726. The summed E-state index contributed by atoms with van der Waals surface area (Å²) in [7, 11) is 1.70. The molecular formula is C21H25ClN6O. The summed E-state index contributed by atoms with van der Waals surface area (Å²) in [6.45, 7) is 5.43. The van der Waals surface area contributed by atoms with Gasteiger partial charge in [0.1, 0.15) is 0 Å². The zero-order chi connectivity index (χ0) is 20.6. The largest absolute Gasteiger partial charge is 0.382 e. The van der Waals surface area contributed by atoms with Crippen LogP contribution in [0.1, 0.15) is 45.6 Å². The molecule has 0 saturated carbocycles. The average Bonchev–Trinajstić information content (AvgIpc) is 3.15. The Morgan fingerprint density at radius 1 is 1.45 bits per heavy atom. The van der Waals surface area contributed by atoms with E-state index >= 15 is 0 Å². The topological polar surface area (TPSA) is 79.9 Å². The average molecular weight is 413 g/mol. The number of nitriles is 1. The summed E-state index contributed by atoms with van der Waals surface area (Å²) in [5, 5.41) is 19.1. The molecule has 8 heteroatoms. The first-order valence-electron chi connectivity index (χ1n) is 9.99. The molecule has 2 atom stereocenters. The van der Waals surface area contributed by atoms with Gasteiger partial charge >= 0.3 is 0 Å². The number of hydrogen-bond donors (Lipinski definition) is 0. The van der Waals surface area contributed by atoms with E-state index in [0.717, 1.165) is 48.4 Å². The Balaban J connectivity index is 1.80. The number of allylic oxidation sites excluding steroid dienone is 3. The number of rotatable bonds is 5. The third kappa shape index (κ3) is 3.41. The van der Waals surface area contributed by atoms with Crippen LogP contribution < -0.4 is 4.90 Å². The molecule has 0 bridgehead atoms. The van der Waals surface area contributed by atoms with Crippen molar-refractivity contribution in [1.29, 1.82) is 5.26 Å². The monoisotopic (exact) mass is 412 g/mol. The third-order valence-corrected chi connectivity index (χ3v) is 6.06. The summed E-state index contributed by atoms with van der Waals surface area (Å²) in [4.78, 5) is 6.80. The van der Waals surface area contributed by atoms with Crippen molar-refractivity contribution in [3.8, 4) is 6.07 Å². The first-order chi connectivity index (χ1) is 14.0. The van der Waals surface area contributed by atoms with Crippen molar-refractivity contribution in [2.45, 2.75) is 45.6 Å². The minimum atomic E-state index is -0.560. The number of methoxy groups -OCH3 is 1. The van der Waals surface area contributed by atoms with Crippen molar-refractivity contribution in [3.63, 3.8) is 0 Å². The van der Waals surface area contributed by atoms with E-state index in [4.69, 9.17) is 16.3 Å². The number of halogens is 1. The number of fused-ring (bicyclic) bond motifs is 1. The highest BCUT2D eigenvalue weighted by atomic mass is 35.5. The smallest absolute Gasteiger partial charge is 0.163 e. The molecule has 7 nitrogen and oxygen atoms in total. The van der Waals surface area contributed by atoms with Crippen LogP contribution in [-0.2, 0) is 4.74 Å². The standard InChI is InChI=1S/C21H25ClN6O/c1-4-15(12-29-3)28-17-7-8-24-20(18(17)25-26-28)27-9-5-6-14-10-21(2,13-23)11-16(22)19(14)27/h7-8,11,15H,4-6,9-10,12H2,1-3H3/t15-,21+/m0/s1. The predicted octanol–water partition coefficient (Wildman–Crippen LogP) is 4.33.